The van der Waals surface area contributed by atoms with Crippen molar-refractivity contribution in [1.29, 1.82) is 0 Å². The van der Waals surface area contributed by atoms with Crippen LogP contribution in [-0.4, -0.2) is 35.3 Å². The summed E-state index contributed by atoms with van der Waals surface area (Å²) in [7, 11) is 3.27. The first-order chi connectivity index (χ1) is 7.60. The maximum Gasteiger partial charge on any atom is 0.198 e. The van der Waals surface area contributed by atoms with Crippen molar-refractivity contribution in [1.82, 2.24) is 15.1 Å². The van der Waals surface area contributed by atoms with Crippen LogP contribution in [0.4, 0.5) is 0 Å². The van der Waals surface area contributed by atoms with E-state index in [0.29, 0.717) is 24.0 Å². The van der Waals surface area contributed by atoms with Gasteiger partial charge in [0.1, 0.15) is 5.69 Å². The minimum Gasteiger partial charge on any atom is -0.493 e. The Bertz CT molecular complexity index is 360. The maximum atomic E-state index is 11.9. The minimum absolute atomic E-state index is 0.00264. The van der Waals surface area contributed by atoms with Crippen molar-refractivity contribution in [2.45, 2.75) is 26.3 Å². The Morgan fingerprint density at radius 2 is 2.38 bits per heavy atom. The van der Waals surface area contributed by atoms with Crippen LogP contribution in [0.15, 0.2) is 6.20 Å². The molecule has 5 heteroatoms. The number of rotatable bonds is 6. The lowest BCUT2D eigenvalue weighted by atomic mass is 10.2. The highest BCUT2D eigenvalue weighted by Crippen LogP contribution is 2.16. The second-order valence-corrected chi connectivity index (χ2v) is 3.80. The van der Waals surface area contributed by atoms with Crippen LogP contribution in [0, 0.1) is 0 Å². The molecule has 5 nitrogen and oxygen atoms in total. The van der Waals surface area contributed by atoms with E-state index in [-0.39, 0.29) is 5.78 Å². The summed E-state index contributed by atoms with van der Waals surface area (Å²) < 4.78 is 6.63. The summed E-state index contributed by atoms with van der Waals surface area (Å²) in [6, 6.07) is 0.336. The fourth-order valence-electron chi connectivity index (χ4n) is 1.38. The molecule has 1 heterocycles. The van der Waals surface area contributed by atoms with Gasteiger partial charge in [0, 0.05) is 13.1 Å². The first kappa shape index (κ1) is 12.7. The van der Waals surface area contributed by atoms with Crippen LogP contribution in [0.2, 0.25) is 0 Å². The van der Waals surface area contributed by atoms with Gasteiger partial charge >= 0.3 is 0 Å². The lowest BCUT2D eigenvalue weighted by Gasteiger charge is -2.10. The molecule has 1 N–H and O–H groups in total. The third-order valence-electron chi connectivity index (χ3n) is 2.61. The number of methoxy groups -OCH3 is 1. The Labute approximate surface area is 95.8 Å². The quantitative estimate of drug-likeness (QED) is 0.734. The van der Waals surface area contributed by atoms with Gasteiger partial charge < -0.3 is 10.1 Å². The third-order valence-corrected chi connectivity index (χ3v) is 2.61. The van der Waals surface area contributed by atoms with Crippen molar-refractivity contribution in [2.75, 3.05) is 13.7 Å². The Kier molecular flexibility index (Phi) is 4.49. The molecule has 0 amide bonds. The highest BCUT2D eigenvalue weighted by molar-refractivity contribution is 5.98. The first-order valence-electron chi connectivity index (χ1n) is 5.42. The van der Waals surface area contributed by atoms with E-state index >= 15 is 0 Å². The monoisotopic (exact) mass is 225 g/mol. The van der Waals surface area contributed by atoms with Crippen LogP contribution in [0.1, 0.15) is 30.8 Å². The maximum absolute atomic E-state index is 11.9. The van der Waals surface area contributed by atoms with Crippen LogP contribution < -0.4 is 10.1 Å². The van der Waals surface area contributed by atoms with Crippen molar-refractivity contribution in [2.24, 2.45) is 7.05 Å². The standard InChI is InChI=1S/C11H19N3O2/c1-5-8(2)12-6-9(15)11-10(16-4)7-13-14(11)3/h7-8,12H,5-6H2,1-4H3. The summed E-state index contributed by atoms with van der Waals surface area (Å²) in [6.07, 6.45) is 2.55. The Morgan fingerprint density at radius 1 is 1.69 bits per heavy atom. The third kappa shape index (κ3) is 2.82. The molecule has 1 rings (SSSR count). The highest BCUT2D eigenvalue weighted by atomic mass is 16.5. The van der Waals surface area contributed by atoms with Gasteiger partial charge in [-0.2, -0.15) is 5.10 Å². The smallest absolute Gasteiger partial charge is 0.198 e. The zero-order chi connectivity index (χ0) is 12.1. The number of carbonyl (C=O) groups excluding carboxylic acids is 1. The van der Waals surface area contributed by atoms with Gasteiger partial charge in [0.05, 0.1) is 19.9 Å². The van der Waals surface area contributed by atoms with E-state index in [4.69, 9.17) is 4.74 Å². The number of Topliss-reactive ketones (excluding diaryl/α,β-unsaturated/α-hetero) is 1. The molecule has 0 bridgehead atoms. The molecular formula is C11H19N3O2. The predicted octanol–water partition coefficient (Wildman–Crippen LogP) is 0.999. The second-order valence-electron chi connectivity index (χ2n) is 3.80. The number of hydrogen-bond donors (Lipinski definition) is 1. The lowest BCUT2D eigenvalue weighted by Crippen LogP contribution is -2.31. The summed E-state index contributed by atoms with van der Waals surface area (Å²) in [6.45, 7) is 4.44. The van der Waals surface area contributed by atoms with Gasteiger partial charge in [-0.05, 0) is 13.3 Å². The van der Waals surface area contributed by atoms with E-state index in [9.17, 15) is 4.79 Å². The van der Waals surface area contributed by atoms with Gasteiger partial charge in [0.25, 0.3) is 0 Å². The average molecular weight is 225 g/mol. The van der Waals surface area contributed by atoms with Gasteiger partial charge in [-0.25, -0.2) is 0 Å². The van der Waals surface area contributed by atoms with Crippen molar-refractivity contribution in [3.8, 4) is 5.75 Å². The zero-order valence-electron chi connectivity index (χ0n) is 10.3. The van der Waals surface area contributed by atoms with E-state index < -0.39 is 0 Å². The number of ether oxygens (including phenoxy) is 1. The molecule has 90 valence electrons. The van der Waals surface area contributed by atoms with Gasteiger partial charge in [-0.15, -0.1) is 0 Å². The first-order valence-corrected chi connectivity index (χ1v) is 5.42. The largest absolute Gasteiger partial charge is 0.493 e. The Morgan fingerprint density at radius 3 is 2.94 bits per heavy atom. The minimum atomic E-state index is -0.00264. The number of nitrogens with zero attached hydrogens (tertiary/aromatic N) is 2. The van der Waals surface area contributed by atoms with E-state index in [1.54, 1.807) is 17.9 Å². The van der Waals surface area contributed by atoms with Gasteiger partial charge in [-0.3, -0.25) is 9.48 Å². The van der Waals surface area contributed by atoms with Crippen molar-refractivity contribution in [3.63, 3.8) is 0 Å². The second kappa shape index (κ2) is 5.65. The molecule has 16 heavy (non-hydrogen) atoms. The van der Waals surface area contributed by atoms with Crippen LogP contribution >= 0.6 is 0 Å². The lowest BCUT2D eigenvalue weighted by molar-refractivity contribution is 0.0975. The molecule has 1 aromatic heterocycles. The van der Waals surface area contributed by atoms with E-state index in [2.05, 4.69) is 17.3 Å². The van der Waals surface area contributed by atoms with Crippen molar-refractivity contribution in [3.05, 3.63) is 11.9 Å². The fourth-order valence-corrected chi connectivity index (χ4v) is 1.38. The van der Waals surface area contributed by atoms with Gasteiger partial charge in [0.15, 0.2) is 11.5 Å². The molecule has 0 aliphatic heterocycles. The van der Waals surface area contributed by atoms with Crippen molar-refractivity contribution >= 4 is 5.78 Å². The van der Waals surface area contributed by atoms with Gasteiger partial charge in [-0.1, -0.05) is 6.92 Å². The normalized spacial score (nSPS) is 12.5. The predicted molar refractivity (Wildman–Crippen MR) is 61.8 cm³/mol. The van der Waals surface area contributed by atoms with E-state index in [1.807, 2.05) is 6.92 Å². The van der Waals surface area contributed by atoms with Gasteiger partial charge in [0.2, 0.25) is 0 Å². The van der Waals surface area contributed by atoms with E-state index in [1.165, 1.54) is 7.11 Å². The molecule has 0 spiro atoms. The Hall–Kier alpha value is -1.36. The number of aromatic nitrogens is 2. The number of aryl methyl sites for hydroxylation is 1. The molecular weight excluding hydrogens is 206 g/mol. The fraction of sp³-hybridized carbons (Fsp3) is 0.636. The molecule has 0 aromatic carbocycles. The topological polar surface area (TPSA) is 56.1 Å². The van der Waals surface area contributed by atoms with Crippen LogP contribution in [-0.2, 0) is 7.05 Å². The SMILES string of the molecule is CCC(C)NCC(=O)c1c(OC)cnn1C. The molecule has 1 aromatic rings. The van der Waals surface area contributed by atoms with Crippen molar-refractivity contribution < 1.29 is 9.53 Å². The molecule has 0 saturated carbocycles. The van der Waals surface area contributed by atoms with Crippen LogP contribution in [0.3, 0.4) is 0 Å². The zero-order valence-corrected chi connectivity index (χ0v) is 10.3. The van der Waals surface area contributed by atoms with Crippen LogP contribution in [0.25, 0.3) is 0 Å². The van der Waals surface area contributed by atoms with Crippen LogP contribution in [0.5, 0.6) is 5.75 Å². The molecule has 0 aliphatic rings. The Balaban J connectivity index is 2.69. The highest BCUT2D eigenvalue weighted by Gasteiger charge is 2.17. The summed E-state index contributed by atoms with van der Waals surface area (Å²) in [5, 5.41) is 7.15. The number of ketones is 1. The molecule has 1 atom stereocenters. The molecule has 1 unspecified atom stereocenters. The average Bonchev–Trinajstić information content (AvgIpc) is 2.66. The molecule has 0 radical (unpaired) electrons. The number of carbonyl (C=O) groups is 1. The number of nitrogens with one attached hydrogen (secondary N) is 1. The molecule has 0 fully saturated rings. The van der Waals surface area contributed by atoms with E-state index in [0.717, 1.165) is 6.42 Å². The summed E-state index contributed by atoms with van der Waals surface area (Å²) in [4.78, 5) is 11.9. The summed E-state index contributed by atoms with van der Waals surface area (Å²) in [5.74, 6) is 0.524. The molecule has 0 aliphatic carbocycles. The number of hydrogen-bond acceptors (Lipinski definition) is 4. The molecule has 0 saturated heterocycles. The summed E-state index contributed by atoms with van der Waals surface area (Å²) in [5.41, 5.74) is 0.512. The summed E-state index contributed by atoms with van der Waals surface area (Å²) >= 11 is 0.